The Morgan fingerprint density at radius 2 is 1.29 bits per heavy atom. The molecule has 4 nitrogen and oxygen atoms in total. The van der Waals surface area contributed by atoms with Gasteiger partial charge in [-0.25, -0.2) is 5.01 Å². The van der Waals surface area contributed by atoms with Crippen LogP contribution >= 0.6 is 0 Å². The van der Waals surface area contributed by atoms with E-state index in [0.717, 1.165) is 22.5 Å². The smallest absolute Gasteiger partial charge is 0.162 e. The Balaban J connectivity index is 1.59. The molecule has 0 aliphatic carbocycles. The standard InChI is InChI=1S/C27H24N2O2/c1-30-26-18-17-23(19-27(26)31-21-22-11-5-2-6-12-22)20-28-29(24-13-7-3-8-14-24)25-15-9-4-10-16-25/h2-20H,21H2,1H3/b28-20-. The molecule has 0 radical (unpaired) electrons. The minimum Gasteiger partial charge on any atom is -0.493 e. The molecule has 0 fully saturated rings. The molecule has 0 atom stereocenters. The number of hydrogen-bond donors (Lipinski definition) is 0. The van der Waals surface area contributed by atoms with Crippen LogP contribution in [0.2, 0.25) is 0 Å². The highest BCUT2D eigenvalue weighted by molar-refractivity contribution is 5.83. The Bertz CT molecular complexity index is 1070. The van der Waals surface area contributed by atoms with Gasteiger partial charge in [0.15, 0.2) is 11.5 Å². The third-order valence-electron chi connectivity index (χ3n) is 4.75. The molecule has 0 bridgehead atoms. The van der Waals surface area contributed by atoms with Crippen molar-refractivity contribution >= 4 is 17.6 Å². The fraction of sp³-hybridized carbons (Fsp3) is 0.0741. The number of methoxy groups -OCH3 is 1. The Morgan fingerprint density at radius 3 is 1.87 bits per heavy atom. The fourth-order valence-electron chi connectivity index (χ4n) is 3.17. The SMILES string of the molecule is COc1ccc(/C=N\N(c2ccccc2)c2ccccc2)cc1OCc1ccccc1. The van der Waals surface area contributed by atoms with E-state index in [4.69, 9.17) is 14.6 Å². The lowest BCUT2D eigenvalue weighted by Gasteiger charge is -2.19. The van der Waals surface area contributed by atoms with Crippen LogP contribution in [0.5, 0.6) is 11.5 Å². The van der Waals surface area contributed by atoms with Crippen LogP contribution < -0.4 is 14.5 Å². The molecule has 0 N–H and O–H groups in total. The molecule has 0 heterocycles. The quantitative estimate of drug-likeness (QED) is 0.248. The molecule has 0 aliphatic heterocycles. The second-order valence-corrected chi connectivity index (χ2v) is 6.91. The van der Waals surface area contributed by atoms with Crippen molar-refractivity contribution < 1.29 is 9.47 Å². The summed E-state index contributed by atoms with van der Waals surface area (Å²) in [6, 6.07) is 36.0. The fourth-order valence-corrected chi connectivity index (χ4v) is 3.17. The van der Waals surface area contributed by atoms with Crippen LogP contribution in [-0.2, 0) is 6.61 Å². The highest BCUT2D eigenvalue weighted by Gasteiger charge is 2.08. The van der Waals surface area contributed by atoms with Gasteiger partial charge in [0.2, 0.25) is 0 Å². The summed E-state index contributed by atoms with van der Waals surface area (Å²) in [5, 5.41) is 6.67. The maximum absolute atomic E-state index is 6.03. The van der Waals surface area contributed by atoms with E-state index in [0.29, 0.717) is 18.1 Å². The van der Waals surface area contributed by atoms with Crippen LogP contribution in [0.3, 0.4) is 0 Å². The Morgan fingerprint density at radius 1 is 0.710 bits per heavy atom. The van der Waals surface area contributed by atoms with Crippen LogP contribution in [0.1, 0.15) is 11.1 Å². The van der Waals surface area contributed by atoms with E-state index in [1.165, 1.54) is 0 Å². The number of hydrogen-bond acceptors (Lipinski definition) is 4. The van der Waals surface area contributed by atoms with Crippen LogP contribution in [0.4, 0.5) is 11.4 Å². The van der Waals surface area contributed by atoms with Crippen molar-refractivity contribution in [2.24, 2.45) is 5.10 Å². The first kappa shape index (κ1) is 20.2. The molecule has 4 heteroatoms. The summed E-state index contributed by atoms with van der Waals surface area (Å²) < 4.78 is 11.5. The molecule has 0 amide bonds. The first-order chi connectivity index (χ1) is 15.3. The second-order valence-electron chi connectivity index (χ2n) is 6.91. The molecule has 0 saturated heterocycles. The first-order valence-corrected chi connectivity index (χ1v) is 10.1. The van der Waals surface area contributed by atoms with Gasteiger partial charge in [-0.3, -0.25) is 0 Å². The lowest BCUT2D eigenvalue weighted by Crippen LogP contribution is -2.09. The van der Waals surface area contributed by atoms with Crippen molar-refractivity contribution in [1.29, 1.82) is 0 Å². The number of hydrazone groups is 1. The molecule has 0 saturated carbocycles. The zero-order chi connectivity index (χ0) is 21.3. The van der Waals surface area contributed by atoms with Crippen LogP contribution in [-0.4, -0.2) is 13.3 Å². The van der Waals surface area contributed by atoms with E-state index in [-0.39, 0.29) is 0 Å². The summed E-state index contributed by atoms with van der Waals surface area (Å²) in [7, 11) is 1.64. The highest BCUT2D eigenvalue weighted by atomic mass is 16.5. The Labute approximate surface area is 183 Å². The number of anilines is 2. The number of rotatable bonds is 8. The lowest BCUT2D eigenvalue weighted by molar-refractivity contribution is 0.284. The average molecular weight is 409 g/mol. The van der Waals surface area contributed by atoms with Crippen molar-refractivity contribution in [3.8, 4) is 11.5 Å². The normalized spacial score (nSPS) is 10.7. The predicted octanol–water partition coefficient (Wildman–Crippen LogP) is 6.45. The number of nitrogens with zero attached hydrogens (tertiary/aromatic N) is 2. The van der Waals surface area contributed by atoms with Crippen LogP contribution in [0.15, 0.2) is 114 Å². The average Bonchev–Trinajstić information content (AvgIpc) is 2.85. The van der Waals surface area contributed by atoms with Crippen molar-refractivity contribution in [2.45, 2.75) is 6.61 Å². The predicted molar refractivity (Wildman–Crippen MR) is 126 cm³/mol. The van der Waals surface area contributed by atoms with Gasteiger partial charge in [-0.1, -0.05) is 66.7 Å². The largest absolute Gasteiger partial charge is 0.493 e. The van der Waals surface area contributed by atoms with Gasteiger partial charge in [0.25, 0.3) is 0 Å². The summed E-state index contributed by atoms with van der Waals surface area (Å²) in [6.45, 7) is 0.470. The van der Waals surface area contributed by atoms with E-state index < -0.39 is 0 Å². The molecular formula is C27H24N2O2. The van der Waals surface area contributed by atoms with Crippen molar-refractivity contribution in [1.82, 2.24) is 0 Å². The molecule has 0 aliphatic rings. The Hall–Kier alpha value is -4.05. The van der Waals surface area contributed by atoms with Crippen molar-refractivity contribution in [2.75, 3.05) is 12.1 Å². The van der Waals surface area contributed by atoms with Gasteiger partial charge in [0.05, 0.1) is 24.7 Å². The summed E-state index contributed by atoms with van der Waals surface area (Å²) in [5.74, 6) is 1.37. The molecule has 4 rings (SSSR count). The summed E-state index contributed by atoms with van der Waals surface area (Å²) in [5.41, 5.74) is 3.99. The van der Waals surface area contributed by atoms with Gasteiger partial charge >= 0.3 is 0 Å². The van der Waals surface area contributed by atoms with Gasteiger partial charge in [0.1, 0.15) is 6.61 Å². The molecule has 154 valence electrons. The Kier molecular flexibility index (Phi) is 6.61. The van der Waals surface area contributed by atoms with Gasteiger partial charge in [-0.2, -0.15) is 5.10 Å². The zero-order valence-electron chi connectivity index (χ0n) is 17.4. The second kappa shape index (κ2) is 10.1. The monoisotopic (exact) mass is 408 g/mol. The van der Waals surface area contributed by atoms with Crippen molar-refractivity contribution in [3.05, 3.63) is 120 Å². The molecule has 0 aromatic heterocycles. The molecule has 0 unspecified atom stereocenters. The van der Waals surface area contributed by atoms with E-state index in [9.17, 15) is 0 Å². The number of ether oxygens (including phenoxy) is 2. The maximum Gasteiger partial charge on any atom is 0.162 e. The molecule has 4 aromatic rings. The third kappa shape index (κ3) is 5.31. The highest BCUT2D eigenvalue weighted by Crippen LogP contribution is 2.29. The molecular weight excluding hydrogens is 384 g/mol. The minimum atomic E-state index is 0.470. The van der Waals surface area contributed by atoms with Gasteiger partial charge in [-0.15, -0.1) is 0 Å². The maximum atomic E-state index is 6.03. The zero-order valence-corrected chi connectivity index (χ0v) is 17.4. The first-order valence-electron chi connectivity index (χ1n) is 10.1. The van der Waals surface area contributed by atoms with E-state index in [1.807, 2.05) is 120 Å². The number of para-hydroxylation sites is 2. The minimum absolute atomic E-state index is 0.470. The number of benzene rings is 4. The van der Waals surface area contributed by atoms with Gasteiger partial charge in [-0.05, 0) is 53.6 Å². The van der Waals surface area contributed by atoms with Gasteiger partial charge < -0.3 is 9.47 Å². The lowest BCUT2D eigenvalue weighted by atomic mass is 10.2. The van der Waals surface area contributed by atoms with Crippen LogP contribution in [0, 0.1) is 0 Å². The molecule has 0 spiro atoms. The third-order valence-corrected chi connectivity index (χ3v) is 4.75. The summed E-state index contributed by atoms with van der Waals surface area (Å²) in [6.07, 6.45) is 1.83. The van der Waals surface area contributed by atoms with E-state index in [1.54, 1.807) is 7.11 Å². The van der Waals surface area contributed by atoms with Crippen LogP contribution in [0.25, 0.3) is 0 Å². The summed E-state index contributed by atoms with van der Waals surface area (Å²) >= 11 is 0. The molecule has 4 aromatic carbocycles. The topological polar surface area (TPSA) is 34.1 Å². The molecule has 31 heavy (non-hydrogen) atoms. The van der Waals surface area contributed by atoms with E-state index in [2.05, 4.69) is 0 Å². The summed E-state index contributed by atoms with van der Waals surface area (Å²) in [4.78, 5) is 0. The van der Waals surface area contributed by atoms with Crippen molar-refractivity contribution in [3.63, 3.8) is 0 Å². The van der Waals surface area contributed by atoms with E-state index >= 15 is 0 Å². The van der Waals surface area contributed by atoms with Gasteiger partial charge in [0, 0.05) is 0 Å².